The van der Waals surface area contributed by atoms with Crippen molar-refractivity contribution >= 4 is 23.6 Å². The highest BCUT2D eigenvalue weighted by Gasteiger charge is 2.12. The Morgan fingerprint density at radius 1 is 1.33 bits per heavy atom. The molecule has 0 spiro atoms. The zero-order valence-corrected chi connectivity index (χ0v) is 9.10. The lowest BCUT2D eigenvalue weighted by Gasteiger charge is -2.05. The largest absolute Gasteiger partial charge is 0.452 e. The highest BCUT2D eigenvalue weighted by atomic mass is 19.1. The highest BCUT2D eigenvalue weighted by Crippen LogP contribution is 2.12. The van der Waals surface area contributed by atoms with Crippen LogP contribution in [0.25, 0.3) is 0 Å². The molecule has 0 aliphatic heterocycles. The molecule has 0 radical (unpaired) electrons. The molecule has 0 bridgehead atoms. The van der Waals surface area contributed by atoms with E-state index < -0.39 is 30.3 Å². The van der Waals surface area contributed by atoms with Gasteiger partial charge in [-0.3, -0.25) is 10.1 Å². The van der Waals surface area contributed by atoms with Gasteiger partial charge in [-0.2, -0.15) is 0 Å². The van der Waals surface area contributed by atoms with Crippen LogP contribution in [-0.2, 0) is 9.53 Å². The van der Waals surface area contributed by atoms with E-state index in [-0.39, 0.29) is 11.3 Å². The minimum absolute atomic E-state index is 0.103. The predicted octanol–water partition coefficient (Wildman–Crippen LogP) is -0.240. The van der Waals surface area contributed by atoms with Crippen molar-refractivity contribution in [1.29, 1.82) is 0 Å². The summed E-state index contributed by atoms with van der Waals surface area (Å²) in [6, 6.07) is 2.25. The lowest BCUT2D eigenvalue weighted by molar-refractivity contribution is -0.123. The van der Waals surface area contributed by atoms with Gasteiger partial charge in [0.2, 0.25) is 0 Å². The minimum atomic E-state index is -1.06. The second-order valence-corrected chi connectivity index (χ2v) is 3.22. The zero-order chi connectivity index (χ0) is 13.7. The summed E-state index contributed by atoms with van der Waals surface area (Å²) in [4.78, 5) is 32.6. The van der Waals surface area contributed by atoms with Gasteiger partial charge in [-0.15, -0.1) is 0 Å². The van der Waals surface area contributed by atoms with Crippen LogP contribution < -0.4 is 16.8 Å². The van der Waals surface area contributed by atoms with E-state index in [0.29, 0.717) is 0 Å². The standard InChI is InChI=1S/C10H10FN3O4/c11-6-3-5(1-2-7(6)12)9(16)18-4-8(15)14-10(13)17/h1-3H,4,12H2,(H3,13,14,15,17). The van der Waals surface area contributed by atoms with Crippen LogP contribution in [0, 0.1) is 5.82 Å². The number of hydrogen-bond donors (Lipinski definition) is 3. The number of esters is 1. The Kier molecular flexibility index (Phi) is 4.19. The predicted molar refractivity (Wildman–Crippen MR) is 58.8 cm³/mol. The molecule has 1 rings (SSSR count). The Morgan fingerprint density at radius 2 is 2.00 bits per heavy atom. The van der Waals surface area contributed by atoms with Gasteiger partial charge in [0.25, 0.3) is 5.91 Å². The van der Waals surface area contributed by atoms with Crippen LogP contribution >= 0.6 is 0 Å². The molecule has 0 aromatic heterocycles. The molecular weight excluding hydrogens is 245 g/mol. The molecule has 0 aliphatic rings. The van der Waals surface area contributed by atoms with Gasteiger partial charge in [-0.1, -0.05) is 0 Å². The molecule has 8 heteroatoms. The third kappa shape index (κ3) is 3.74. The quantitative estimate of drug-likeness (QED) is 0.507. The molecule has 0 saturated heterocycles. The summed E-state index contributed by atoms with van der Waals surface area (Å²) >= 11 is 0. The summed E-state index contributed by atoms with van der Waals surface area (Å²) < 4.78 is 17.6. The number of primary amides is 1. The number of ether oxygens (including phenoxy) is 1. The molecule has 7 nitrogen and oxygen atoms in total. The van der Waals surface area contributed by atoms with E-state index in [2.05, 4.69) is 10.5 Å². The van der Waals surface area contributed by atoms with Crippen molar-refractivity contribution < 1.29 is 23.5 Å². The molecule has 0 fully saturated rings. The SMILES string of the molecule is NC(=O)NC(=O)COC(=O)c1ccc(N)c(F)c1. The van der Waals surface area contributed by atoms with E-state index >= 15 is 0 Å². The second kappa shape index (κ2) is 5.62. The van der Waals surface area contributed by atoms with Crippen LogP contribution in [0.4, 0.5) is 14.9 Å². The molecular formula is C10H10FN3O4. The van der Waals surface area contributed by atoms with E-state index in [0.717, 1.165) is 6.07 Å². The lowest BCUT2D eigenvalue weighted by atomic mass is 10.2. The highest BCUT2D eigenvalue weighted by molar-refractivity contribution is 5.96. The van der Waals surface area contributed by atoms with Gasteiger partial charge in [0, 0.05) is 0 Å². The number of carbonyl (C=O) groups is 3. The maximum atomic E-state index is 13.0. The number of rotatable bonds is 3. The molecule has 3 amide bonds. The third-order valence-corrected chi connectivity index (χ3v) is 1.83. The normalized spacial score (nSPS) is 9.61. The Bertz CT molecular complexity index is 504. The van der Waals surface area contributed by atoms with Crippen LogP contribution in [0.15, 0.2) is 18.2 Å². The molecule has 18 heavy (non-hydrogen) atoms. The number of hydrogen-bond acceptors (Lipinski definition) is 5. The van der Waals surface area contributed by atoms with Crippen LogP contribution in [0.1, 0.15) is 10.4 Å². The van der Waals surface area contributed by atoms with Crippen molar-refractivity contribution in [2.24, 2.45) is 5.73 Å². The number of benzene rings is 1. The van der Waals surface area contributed by atoms with Gasteiger partial charge in [0.15, 0.2) is 6.61 Å². The molecule has 0 atom stereocenters. The fourth-order valence-electron chi connectivity index (χ4n) is 1.04. The Morgan fingerprint density at radius 3 is 2.56 bits per heavy atom. The van der Waals surface area contributed by atoms with E-state index in [1.54, 1.807) is 5.32 Å². The molecule has 0 saturated carbocycles. The number of imide groups is 1. The van der Waals surface area contributed by atoms with Gasteiger partial charge in [0.05, 0.1) is 11.3 Å². The van der Waals surface area contributed by atoms with Crippen molar-refractivity contribution in [3.63, 3.8) is 0 Å². The topological polar surface area (TPSA) is 125 Å². The first-order chi connectivity index (χ1) is 8.40. The molecule has 1 aromatic carbocycles. The van der Waals surface area contributed by atoms with E-state index in [9.17, 15) is 18.8 Å². The first-order valence-corrected chi connectivity index (χ1v) is 4.71. The first-order valence-electron chi connectivity index (χ1n) is 4.71. The van der Waals surface area contributed by atoms with Gasteiger partial charge < -0.3 is 16.2 Å². The van der Waals surface area contributed by atoms with Gasteiger partial charge in [-0.25, -0.2) is 14.0 Å². The van der Waals surface area contributed by atoms with E-state index in [1.165, 1.54) is 12.1 Å². The van der Waals surface area contributed by atoms with Crippen molar-refractivity contribution in [2.45, 2.75) is 0 Å². The summed E-state index contributed by atoms with van der Waals surface area (Å²) in [5.41, 5.74) is 9.68. The Labute approximate surface area is 101 Å². The molecule has 0 heterocycles. The number of amides is 3. The smallest absolute Gasteiger partial charge is 0.338 e. The number of anilines is 1. The van der Waals surface area contributed by atoms with Gasteiger partial charge in [0.1, 0.15) is 5.82 Å². The fraction of sp³-hybridized carbons (Fsp3) is 0.100. The molecule has 5 N–H and O–H groups in total. The minimum Gasteiger partial charge on any atom is -0.452 e. The summed E-state index contributed by atoms with van der Waals surface area (Å²) in [7, 11) is 0. The van der Waals surface area contributed by atoms with Crippen LogP contribution in [0.2, 0.25) is 0 Å². The average Bonchev–Trinajstić information content (AvgIpc) is 2.28. The maximum absolute atomic E-state index is 13.0. The summed E-state index contributed by atoms with van der Waals surface area (Å²) in [5.74, 6) is -2.58. The van der Waals surface area contributed by atoms with Crippen molar-refractivity contribution in [2.75, 3.05) is 12.3 Å². The van der Waals surface area contributed by atoms with Gasteiger partial charge >= 0.3 is 12.0 Å². The second-order valence-electron chi connectivity index (χ2n) is 3.22. The Balaban J connectivity index is 2.58. The number of urea groups is 1. The summed E-state index contributed by atoms with van der Waals surface area (Å²) in [6.07, 6.45) is 0. The van der Waals surface area contributed by atoms with Crippen molar-refractivity contribution in [3.05, 3.63) is 29.6 Å². The number of carbonyl (C=O) groups excluding carboxylic acids is 3. The summed E-state index contributed by atoms with van der Waals surface area (Å²) in [5, 5.41) is 1.70. The number of nitrogens with one attached hydrogen (secondary N) is 1. The number of nitrogens with two attached hydrogens (primary N) is 2. The van der Waals surface area contributed by atoms with Crippen LogP contribution in [-0.4, -0.2) is 24.5 Å². The maximum Gasteiger partial charge on any atom is 0.338 e. The summed E-state index contributed by atoms with van der Waals surface area (Å²) in [6.45, 7) is -0.701. The molecule has 96 valence electrons. The third-order valence-electron chi connectivity index (χ3n) is 1.83. The van der Waals surface area contributed by atoms with E-state index in [4.69, 9.17) is 5.73 Å². The first kappa shape index (κ1) is 13.4. The average molecular weight is 255 g/mol. The zero-order valence-electron chi connectivity index (χ0n) is 9.10. The molecule has 0 unspecified atom stereocenters. The number of halogens is 1. The van der Waals surface area contributed by atoms with Crippen LogP contribution in [0.3, 0.4) is 0 Å². The van der Waals surface area contributed by atoms with E-state index in [1.807, 2.05) is 0 Å². The monoisotopic (exact) mass is 255 g/mol. The Hall–Kier alpha value is -2.64. The number of nitrogen functional groups attached to an aromatic ring is 1. The molecule has 0 aliphatic carbocycles. The van der Waals surface area contributed by atoms with Gasteiger partial charge in [-0.05, 0) is 18.2 Å². The lowest BCUT2D eigenvalue weighted by Crippen LogP contribution is -2.37. The van der Waals surface area contributed by atoms with Crippen LogP contribution in [0.5, 0.6) is 0 Å². The fourth-order valence-corrected chi connectivity index (χ4v) is 1.04. The van der Waals surface area contributed by atoms with Crippen molar-refractivity contribution in [3.8, 4) is 0 Å². The van der Waals surface area contributed by atoms with Crippen molar-refractivity contribution in [1.82, 2.24) is 5.32 Å². The molecule has 1 aromatic rings.